The Labute approximate surface area is 123 Å². The highest BCUT2D eigenvalue weighted by atomic mass is 16.4. The first kappa shape index (κ1) is 15.1. The largest absolute Gasteiger partial charge is 0.477 e. The summed E-state index contributed by atoms with van der Waals surface area (Å²) in [6.07, 6.45) is 0.852. The fraction of sp³-hybridized carbons (Fsp3) is 0.500. The Morgan fingerprint density at radius 3 is 2.62 bits per heavy atom. The molecule has 7 nitrogen and oxygen atoms in total. The molecule has 0 amide bonds. The third-order valence-corrected chi connectivity index (χ3v) is 3.38. The van der Waals surface area contributed by atoms with Crippen molar-refractivity contribution < 1.29 is 9.90 Å². The van der Waals surface area contributed by atoms with Crippen molar-refractivity contribution in [2.45, 2.75) is 33.7 Å². The summed E-state index contributed by atoms with van der Waals surface area (Å²) in [5.41, 5.74) is 2.90. The van der Waals surface area contributed by atoms with Gasteiger partial charge in [0.05, 0.1) is 11.4 Å². The van der Waals surface area contributed by atoms with Crippen molar-refractivity contribution in [2.24, 2.45) is 7.05 Å². The molecule has 0 radical (unpaired) electrons. The number of nitrogens with one attached hydrogen (secondary N) is 1. The molecule has 114 valence electrons. The average Bonchev–Trinajstić information content (AvgIpc) is 2.84. The van der Waals surface area contributed by atoms with Gasteiger partial charge >= 0.3 is 5.97 Å². The molecule has 0 aromatic carbocycles. The van der Waals surface area contributed by atoms with Gasteiger partial charge in [-0.15, -0.1) is 0 Å². The van der Waals surface area contributed by atoms with Crippen molar-refractivity contribution in [3.05, 3.63) is 28.7 Å². The van der Waals surface area contributed by atoms with Crippen LogP contribution >= 0.6 is 0 Å². The summed E-state index contributed by atoms with van der Waals surface area (Å²) in [7, 11) is 1.74. The Balaban J connectivity index is 1.95. The number of aromatic carboxylic acids is 1. The Kier molecular flexibility index (Phi) is 4.30. The van der Waals surface area contributed by atoms with E-state index in [2.05, 4.69) is 15.5 Å². The summed E-state index contributed by atoms with van der Waals surface area (Å²) in [6.45, 7) is 7.16. The molecule has 0 aliphatic heterocycles. The fourth-order valence-corrected chi connectivity index (χ4v) is 2.45. The normalized spacial score (nSPS) is 10.9. The third-order valence-electron chi connectivity index (χ3n) is 3.38. The van der Waals surface area contributed by atoms with Gasteiger partial charge in [-0.05, 0) is 33.3 Å². The van der Waals surface area contributed by atoms with Crippen LogP contribution in [0.1, 0.15) is 33.9 Å². The lowest BCUT2D eigenvalue weighted by atomic mass is 10.2. The molecule has 2 rings (SSSR count). The number of carbonyl (C=O) groups is 1. The minimum Gasteiger partial charge on any atom is -0.477 e. The highest BCUT2D eigenvalue weighted by molar-refractivity contribution is 5.94. The maximum atomic E-state index is 11.3. The van der Waals surface area contributed by atoms with Crippen LogP contribution in [-0.2, 0) is 13.6 Å². The van der Waals surface area contributed by atoms with Crippen molar-refractivity contribution >= 4 is 11.8 Å². The third kappa shape index (κ3) is 3.24. The van der Waals surface area contributed by atoms with E-state index >= 15 is 0 Å². The van der Waals surface area contributed by atoms with Gasteiger partial charge in [0.25, 0.3) is 0 Å². The zero-order valence-corrected chi connectivity index (χ0v) is 12.8. The standard InChI is InChI=1S/C14H21N5O2/c1-9-8-10(2)19(16-9)7-5-6-15-13-12(14(20)21)11(3)17-18(13)4/h8,15H,5-7H2,1-4H3,(H,20,21). The van der Waals surface area contributed by atoms with Crippen LogP contribution in [0.5, 0.6) is 0 Å². The summed E-state index contributed by atoms with van der Waals surface area (Å²) >= 11 is 0. The molecule has 2 heterocycles. The minimum atomic E-state index is -0.957. The molecule has 0 aliphatic rings. The molecular weight excluding hydrogens is 270 g/mol. The molecule has 0 saturated heterocycles. The number of hydrogen-bond acceptors (Lipinski definition) is 4. The second-order valence-electron chi connectivity index (χ2n) is 5.17. The van der Waals surface area contributed by atoms with Crippen LogP contribution in [0.25, 0.3) is 0 Å². The number of aromatic nitrogens is 4. The molecule has 0 unspecified atom stereocenters. The quantitative estimate of drug-likeness (QED) is 0.792. The Bertz CT molecular complexity index is 657. The van der Waals surface area contributed by atoms with Crippen molar-refractivity contribution in [3.63, 3.8) is 0 Å². The molecule has 0 saturated carbocycles. The second kappa shape index (κ2) is 5.99. The van der Waals surface area contributed by atoms with Crippen LogP contribution in [-0.4, -0.2) is 37.2 Å². The van der Waals surface area contributed by atoms with Gasteiger partial charge in [0.1, 0.15) is 11.4 Å². The van der Waals surface area contributed by atoms with Crippen LogP contribution in [0.15, 0.2) is 6.07 Å². The molecule has 0 spiro atoms. The lowest BCUT2D eigenvalue weighted by molar-refractivity contribution is 0.0697. The number of hydrogen-bond donors (Lipinski definition) is 2. The SMILES string of the molecule is Cc1cc(C)n(CCCNc2c(C(=O)O)c(C)nn2C)n1. The fourth-order valence-electron chi connectivity index (χ4n) is 2.45. The first-order valence-electron chi connectivity index (χ1n) is 6.92. The number of carboxylic acid groups (broad SMARTS) is 1. The number of nitrogens with zero attached hydrogens (tertiary/aromatic N) is 4. The van der Waals surface area contributed by atoms with Crippen LogP contribution < -0.4 is 5.32 Å². The number of rotatable bonds is 6. The van der Waals surface area contributed by atoms with Gasteiger partial charge in [0.2, 0.25) is 0 Å². The predicted octanol–water partition coefficient (Wildman–Crippen LogP) is 1.74. The van der Waals surface area contributed by atoms with E-state index in [-0.39, 0.29) is 5.56 Å². The van der Waals surface area contributed by atoms with Gasteiger partial charge in [-0.1, -0.05) is 0 Å². The van der Waals surface area contributed by atoms with E-state index in [0.29, 0.717) is 18.1 Å². The smallest absolute Gasteiger partial charge is 0.341 e. The van der Waals surface area contributed by atoms with Crippen LogP contribution in [0.2, 0.25) is 0 Å². The lowest BCUT2D eigenvalue weighted by Crippen LogP contribution is -2.13. The first-order chi connectivity index (χ1) is 9.90. The number of anilines is 1. The second-order valence-corrected chi connectivity index (χ2v) is 5.17. The molecule has 2 aromatic heterocycles. The van der Waals surface area contributed by atoms with E-state index < -0.39 is 5.97 Å². The summed E-state index contributed by atoms with van der Waals surface area (Å²) in [6, 6.07) is 2.04. The van der Waals surface area contributed by atoms with Gasteiger partial charge in [0.15, 0.2) is 0 Å². The monoisotopic (exact) mass is 291 g/mol. The maximum Gasteiger partial charge on any atom is 0.341 e. The van der Waals surface area contributed by atoms with E-state index in [1.807, 2.05) is 24.6 Å². The van der Waals surface area contributed by atoms with E-state index in [0.717, 1.165) is 24.4 Å². The molecular formula is C14H21N5O2. The molecule has 2 aromatic rings. The first-order valence-corrected chi connectivity index (χ1v) is 6.92. The number of carboxylic acids is 1. The highest BCUT2D eigenvalue weighted by Gasteiger charge is 2.18. The van der Waals surface area contributed by atoms with Crippen LogP contribution in [0.3, 0.4) is 0 Å². The number of aryl methyl sites for hydroxylation is 5. The Morgan fingerprint density at radius 2 is 2.05 bits per heavy atom. The van der Waals surface area contributed by atoms with Crippen molar-refractivity contribution in [1.29, 1.82) is 0 Å². The Morgan fingerprint density at radius 1 is 1.33 bits per heavy atom. The highest BCUT2D eigenvalue weighted by Crippen LogP contribution is 2.18. The maximum absolute atomic E-state index is 11.3. The molecule has 0 fully saturated rings. The van der Waals surface area contributed by atoms with Crippen molar-refractivity contribution in [1.82, 2.24) is 19.6 Å². The van der Waals surface area contributed by atoms with E-state index in [4.69, 9.17) is 0 Å². The van der Waals surface area contributed by atoms with Crippen molar-refractivity contribution in [3.8, 4) is 0 Å². The summed E-state index contributed by atoms with van der Waals surface area (Å²) < 4.78 is 3.53. The molecule has 0 atom stereocenters. The van der Waals surface area contributed by atoms with Crippen molar-refractivity contribution in [2.75, 3.05) is 11.9 Å². The molecule has 2 N–H and O–H groups in total. The summed E-state index contributed by atoms with van der Waals surface area (Å²) in [5, 5.41) is 20.9. The van der Waals surface area contributed by atoms with Gasteiger partial charge in [-0.3, -0.25) is 9.36 Å². The molecule has 21 heavy (non-hydrogen) atoms. The zero-order valence-electron chi connectivity index (χ0n) is 12.8. The van der Waals surface area contributed by atoms with Crippen LogP contribution in [0, 0.1) is 20.8 Å². The average molecular weight is 291 g/mol. The topological polar surface area (TPSA) is 85.0 Å². The molecule has 0 bridgehead atoms. The molecule has 0 aliphatic carbocycles. The lowest BCUT2D eigenvalue weighted by Gasteiger charge is -2.09. The zero-order chi connectivity index (χ0) is 15.6. The van der Waals surface area contributed by atoms with Crippen LogP contribution in [0.4, 0.5) is 5.82 Å². The molecule has 7 heteroatoms. The van der Waals surface area contributed by atoms with Gasteiger partial charge in [0, 0.05) is 25.8 Å². The van der Waals surface area contributed by atoms with E-state index in [1.165, 1.54) is 0 Å². The van der Waals surface area contributed by atoms with E-state index in [1.54, 1.807) is 18.7 Å². The van der Waals surface area contributed by atoms with Gasteiger partial charge in [-0.25, -0.2) is 4.79 Å². The Hall–Kier alpha value is -2.31. The summed E-state index contributed by atoms with van der Waals surface area (Å²) in [4.78, 5) is 11.3. The van der Waals surface area contributed by atoms with Gasteiger partial charge in [-0.2, -0.15) is 10.2 Å². The summed E-state index contributed by atoms with van der Waals surface area (Å²) in [5.74, 6) is -0.407. The predicted molar refractivity (Wildman–Crippen MR) is 79.7 cm³/mol. The van der Waals surface area contributed by atoms with E-state index in [9.17, 15) is 9.90 Å². The minimum absolute atomic E-state index is 0.239. The van der Waals surface area contributed by atoms with Gasteiger partial charge < -0.3 is 10.4 Å².